The highest BCUT2D eigenvalue weighted by Gasteiger charge is 2.26. The fourth-order valence-corrected chi connectivity index (χ4v) is 5.64. The van der Waals surface area contributed by atoms with Crippen molar-refractivity contribution in [2.45, 2.75) is 25.2 Å². The number of hydrogen-bond acceptors (Lipinski definition) is 8. The van der Waals surface area contributed by atoms with Crippen molar-refractivity contribution in [2.75, 3.05) is 69.0 Å². The molecule has 2 aliphatic rings. The van der Waals surface area contributed by atoms with Gasteiger partial charge >= 0.3 is 6.03 Å². The van der Waals surface area contributed by atoms with Crippen molar-refractivity contribution in [1.29, 1.82) is 0 Å². The molecule has 2 aromatic carbocycles. The van der Waals surface area contributed by atoms with Crippen molar-refractivity contribution in [3.63, 3.8) is 0 Å². The molecule has 2 aliphatic heterocycles. The first-order valence-electron chi connectivity index (χ1n) is 13.7. The molecule has 0 aliphatic carbocycles. The van der Waals surface area contributed by atoms with Crippen molar-refractivity contribution >= 4 is 38.3 Å². The first-order valence-corrected chi connectivity index (χ1v) is 15.6. The topological polar surface area (TPSA) is 126 Å². The van der Waals surface area contributed by atoms with Gasteiger partial charge in [-0.2, -0.15) is 0 Å². The van der Waals surface area contributed by atoms with Crippen LogP contribution in [0.5, 0.6) is 5.75 Å². The van der Waals surface area contributed by atoms with Gasteiger partial charge in [-0.1, -0.05) is 0 Å². The molecule has 0 saturated carbocycles. The molecule has 2 amide bonds. The van der Waals surface area contributed by atoms with E-state index in [2.05, 4.69) is 24.9 Å². The smallest absolute Gasteiger partial charge is 0.321 e. The summed E-state index contributed by atoms with van der Waals surface area (Å²) in [6.45, 7) is 5.26. The van der Waals surface area contributed by atoms with Gasteiger partial charge in [0.2, 0.25) is 10.0 Å². The molecule has 214 valence electrons. The summed E-state index contributed by atoms with van der Waals surface area (Å²) >= 11 is 0. The number of aromatic nitrogens is 2. The monoisotopic (exact) mass is 568 g/mol. The number of sulfonamides is 1. The number of ether oxygens (including phenoxy) is 2. The number of likely N-dealkylation sites (tertiary alicyclic amines) is 1. The zero-order valence-corrected chi connectivity index (χ0v) is 23.5. The first-order chi connectivity index (χ1) is 19.4. The van der Waals surface area contributed by atoms with Crippen LogP contribution in [0.1, 0.15) is 30.9 Å². The van der Waals surface area contributed by atoms with Crippen LogP contribution in [-0.4, -0.2) is 88.1 Å². The molecule has 0 bridgehead atoms. The second-order valence-corrected chi connectivity index (χ2v) is 12.0. The Morgan fingerprint density at radius 2 is 1.80 bits per heavy atom. The third kappa shape index (κ3) is 7.38. The number of rotatable bonds is 9. The molecule has 40 heavy (non-hydrogen) atoms. The van der Waals surface area contributed by atoms with E-state index in [1.165, 1.54) is 0 Å². The first kappa shape index (κ1) is 28.1. The lowest BCUT2D eigenvalue weighted by Gasteiger charge is -2.32. The maximum absolute atomic E-state index is 12.9. The standard InChI is InChI=1S/C28H36N6O5S/c1-40(36,37)31-11-2-16-39-24-7-8-25-26(19-24)29-20-30-27(25)21-9-12-34(13-10-21)28(35)32-22-3-5-23(6-4-22)33-14-17-38-18-15-33/h3-8,19-21,31H,2,9-18H2,1H3,(H,32,35). The summed E-state index contributed by atoms with van der Waals surface area (Å²) in [4.78, 5) is 26.1. The maximum atomic E-state index is 12.9. The van der Waals surface area contributed by atoms with Crippen molar-refractivity contribution in [3.05, 3.63) is 54.5 Å². The van der Waals surface area contributed by atoms with Crippen LogP contribution < -0.4 is 19.7 Å². The van der Waals surface area contributed by atoms with Gasteiger partial charge in [-0.05, 0) is 55.7 Å². The number of amides is 2. The van der Waals surface area contributed by atoms with Crippen LogP contribution in [-0.2, 0) is 14.8 Å². The molecule has 3 heterocycles. The SMILES string of the molecule is CS(=O)(=O)NCCCOc1ccc2c(C3CCN(C(=O)Nc4ccc(N5CCOCC5)cc4)CC3)ncnc2c1. The molecule has 1 aromatic heterocycles. The Morgan fingerprint density at radius 3 is 2.52 bits per heavy atom. The minimum absolute atomic E-state index is 0.0846. The van der Waals surface area contributed by atoms with E-state index in [1.807, 2.05) is 47.4 Å². The number of anilines is 2. The number of fused-ring (bicyclic) bond motifs is 1. The molecule has 11 nitrogen and oxygen atoms in total. The van der Waals surface area contributed by atoms with Gasteiger partial charge in [-0.15, -0.1) is 0 Å². The zero-order chi connectivity index (χ0) is 28.0. The second-order valence-electron chi connectivity index (χ2n) is 10.1. The predicted octanol–water partition coefficient (Wildman–Crippen LogP) is 3.20. The lowest BCUT2D eigenvalue weighted by Crippen LogP contribution is -2.40. The Bertz CT molecular complexity index is 1400. The number of carbonyl (C=O) groups is 1. The van der Waals surface area contributed by atoms with Gasteiger partial charge < -0.3 is 24.6 Å². The second kappa shape index (κ2) is 12.8. The lowest BCUT2D eigenvalue weighted by atomic mass is 9.91. The molecule has 2 fully saturated rings. The van der Waals surface area contributed by atoms with Gasteiger partial charge in [-0.3, -0.25) is 0 Å². The van der Waals surface area contributed by atoms with Crippen LogP contribution in [0.4, 0.5) is 16.2 Å². The van der Waals surface area contributed by atoms with Crippen LogP contribution in [0.3, 0.4) is 0 Å². The van der Waals surface area contributed by atoms with Crippen LogP contribution in [0, 0.1) is 0 Å². The summed E-state index contributed by atoms with van der Waals surface area (Å²) in [5.74, 6) is 0.914. The Morgan fingerprint density at radius 1 is 1.05 bits per heavy atom. The van der Waals surface area contributed by atoms with E-state index in [0.717, 1.165) is 73.4 Å². The highest BCUT2D eigenvalue weighted by atomic mass is 32.2. The molecule has 3 aromatic rings. The number of piperidine rings is 1. The third-order valence-electron chi connectivity index (χ3n) is 7.26. The van der Waals surface area contributed by atoms with E-state index >= 15 is 0 Å². The summed E-state index contributed by atoms with van der Waals surface area (Å²) in [6, 6.07) is 13.7. The molecule has 0 unspecified atom stereocenters. The molecular formula is C28H36N6O5S. The largest absolute Gasteiger partial charge is 0.493 e. The Labute approximate surface area is 234 Å². The fraction of sp³-hybridized carbons (Fsp3) is 0.464. The van der Waals surface area contributed by atoms with Crippen LogP contribution in [0.2, 0.25) is 0 Å². The van der Waals surface area contributed by atoms with Crippen molar-refractivity contribution in [3.8, 4) is 5.75 Å². The number of urea groups is 1. The van der Waals surface area contributed by atoms with E-state index < -0.39 is 10.0 Å². The number of nitrogens with one attached hydrogen (secondary N) is 2. The molecular weight excluding hydrogens is 532 g/mol. The van der Waals surface area contributed by atoms with Crippen molar-refractivity contribution < 1.29 is 22.7 Å². The number of hydrogen-bond donors (Lipinski definition) is 2. The molecule has 0 spiro atoms. The number of carbonyl (C=O) groups excluding carboxylic acids is 1. The van der Waals surface area contributed by atoms with Crippen molar-refractivity contribution in [1.82, 2.24) is 19.6 Å². The Kier molecular flexibility index (Phi) is 8.98. The van der Waals surface area contributed by atoms with Crippen LogP contribution in [0.25, 0.3) is 10.9 Å². The average Bonchev–Trinajstić information content (AvgIpc) is 2.97. The molecule has 0 atom stereocenters. The minimum atomic E-state index is -3.19. The van der Waals surface area contributed by atoms with Crippen LogP contribution >= 0.6 is 0 Å². The fourth-order valence-electron chi connectivity index (χ4n) is 5.13. The summed E-state index contributed by atoms with van der Waals surface area (Å²) in [5.41, 5.74) is 3.72. The van der Waals surface area contributed by atoms with Crippen molar-refractivity contribution in [2.24, 2.45) is 0 Å². The van der Waals surface area contributed by atoms with E-state index in [9.17, 15) is 13.2 Å². The predicted molar refractivity (Wildman–Crippen MR) is 155 cm³/mol. The molecule has 2 saturated heterocycles. The minimum Gasteiger partial charge on any atom is -0.493 e. The summed E-state index contributed by atoms with van der Waals surface area (Å²) in [6.07, 6.45) is 4.92. The van der Waals surface area contributed by atoms with Crippen LogP contribution in [0.15, 0.2) is 48.8 Å². The number of benzene rings is 2. The molecule has 2 N–H and O–H groups in total. The molecule has 0 radical (unpaired) electrons. The van der Waals surface area contributed by atoms with Gasteiger partial charge in [0.15, 0.2) is 0 Å². The summed E-state index contributed by atoms with van der Waals surface area (Å²) < 4.78 is 36.0. The van der Waals surface area contributed by atoms with Gasteiger partial charge in [0.05, 0.1) is 37.3 Å². The Hall–Kier alpha value is -3.48. The zero-order valence-electron chi connectivity index (χ0n) is 22.7. The maximum Gasteiger partial charge on any atom is 0.321 e. The molecule has 12 heteroatoms. The Balaban J connectivity index is 1.13. The van der Waals surface area contributed by atoms with Gasteiger partial charge in [0.1, 0.15) is 12.1 Å². The normalized spacial score (nSPS) is 16.7. The summed E-state index contributed by atoms with van der Waals surface area (Å²) in [7, 11) is -3.19. The highest BCUT2D eigenvalue weighted by Crippen LogP contribution is 2.32. The van der Waals surface area contributed by atoms with Gasteiger partial charge in [0.25, 0.3) is 0 Å². The van der Waals surface area contributed by atoms with Gasteiger partial charge in [-0.25, -0.2) is 27.9 Å². The molecule has 5 rings (SSSR count). The van der Waals surface area contributed by atoms with Gasteiger partial charge in [0, 0.05) is 61.5 Å². The number of morpholine rings is 1. The lowest BCUT2D eigenvalue weighted by molar-refractivity contribution is 0.122. The van der Waals surface area contributed by atoms with E-state index in [1.54, 1.807) is 6.33 Å². The van der Waals surface area contributed by atoms with E-state index in [-0.39, 0.29) is 11.9 Å². The highest BCUT2D eigenvalue weighted by molar-refractivity contribution is 7.88. The number of nitrogens with zero attached hydrogens (tertiary/aromatic N) is 4. The van der Waals surface area contributed by atoms with E-state index in [0.29, 0.717) is 38.4 Å². The quantitative estimate of drug-likeness (QED) is 0.377. The average molecular weight is 569 g/mol. The third-order valence-corrected chi connectivity index (χ3v) is 7.99. The van der Waals surface area contributed by atoms with E-state index in [4.69, 9.17) is 9.47 Å². The summed E-state index contributed by atoms with van der Waals surface area (Å²) in [5, 5.41) is 4.02.